The molecule has 9 nitrogen and oxygen atoms in total. The van der Waals surface area contributed by atoms with Gasteiger partial charge >= 0.3 is 18.8 Å². The molecule has 4 aromatic carbocycles. The van der Waals surface area contributed by atoms with Crippen molar-refractivity contribution in [2.45, 2.75) is 77.5 Å². The summed E-state index contributed by atoms with van der Waals surface area (Å²) >= 11 is 0. The SMILES string of the molecule is Cc1c(-c2nc3cc(CN4CCC[C@H]4C(=O)O)c(OC(F)F)cc3o2)cccc1-c1cccc(-c2nc3cc(CN4CC5CC4C5)cc(C(F)(F)F)c3o2)c1C. The standard InChI is InChI=1S/C42H37F5N4O5/c1-21-27(6-3-8-29(21)38-48-32-16-25(20-50-11-5-10-34(50)40(52)53)35(55-41(43)44)17-36(32)54-38)28-7-4-9-30(22(28)2)39-49-33-15-24(19-51-18-23-12-26(51)13-23)14-31(37(33)56-39)42(45,46)47/h3-4,6-9,14-17,23,26,34,41H,5,10-13,18-20H2,1-2H3,(H,52,53)/t23?,26?,34-/m0/s1. The molecule has 14 heteroatoms. The van der Waals surface area contributed by atoms with Gasteiger partial charge in [-0.05, 0) is 110 Å². The Labute approximate surface area is 317 Å². The van der Waals surface area contributed by atoms with Crippen molar-refractivity contribution in [3.8, 4) is 39.8 Å². The first-order valence-corrected chi connectivity index (χ1v) is 18.6. The zero-order chi connectivity index (χ0) is 39.0. The summed E-state index contributed by atoms with van der Waals surface area (Å²) < 4.78 is 87.1. The summed E-state index contributed by atoms with van der Waals surface area (Å²) in [6.07, 6.45) is -1.29. The van der Waals surface area contributed by atoms with Crippen LogP contribution >= 0.6 is 0 Å². The fraction of sp³-hybridized carbons (Fsp3) is 0.357. The molecule has 290 valence electrons. The number of hydrogen-bond donors (Lipinski definition) is 1. The number of carboxylic acids is 1. The molecule has 1 saturated carbocycles. The molecule has 0 unspecified atom stereocenters. The third kappa shape index (κ3) is 6.47. The van der Waals surface area contributed by atoms with E-state index in [2.05, 4.69) is 9.88 Å². The highest BCUT2D eigenvalue weighted by atomic mass is 19.4. The summed E-state index contributed by atoms with van der Waals surface area (Å²) in [6, 6.07) is 16.6. The second-order valence-corrected chi connectivity index (χ2v) is 15.2. The molecule has 3 aliphatic heterocycles. The lowest BCUT2D eigenvalue weighted by atomic mass is 9.86. The van der Waals surface area contributed by atoms with Crippen LogP contribution in [0.25, 0.3) is 56.2 Å². The van der Waals surface area contributed by atoms with E-state index in [1.165, 1.54) is 12.1 Å². The molecule has 1 N–H and O–H groups in total. The van der Waals surface area contributed by atoms with Crippen LogP contribution < -0.4 is 4.74 Å². The number of aliphatic carboxylic acids is 1. The van der Waals surface area contributed by atoms with Crippen LogP contribution in [0.3, 0.4) is 0 Å². The molecule has 10 rings (SSSR count). The average Bonchev–Trinajstić information content (AvgIpc) is 3.96. The molecule has 2 aromatic heterocycles. The first kappa shape index (κ1) is 36.3. The first-order chi connectivity index (χ1) is 26.8. The van der Waals surface area contributed by atoms with Crippen LogP contribution in [-0.2, 0) is 24.1 Å². The summed E-state index contributed by atoms with van der Waals surface area (Å²) in [6.45, 7) is 2.57. The molecule has 0 radical (unpaired) electrons. The number of ether oxygens (including phenoxy) is 1. The highest BCUT2D eigenvalue weighted by Crippen LogP contribution is 2.44. The van der Waals surface area contributed by atoms with Gasteiger partial charge in [-0.25, -0.2) is 9.97 Å². The highest BCUT2D eigenvalue weighted by Gasteiger charge is 2.43. The predicted molar refractivity (Wildman–Crippen MR) is 197 cm³/mol. The van der Waals surface area contributed by atoms with Crippen molar-refractivity contribution in [3.05, 3.63) is 88.5 Å². The lowest BCUT2D eigenvalue weighted by Gasteiger charge is -2.26. The Morgan fingerprint density at radius 1 is 0.893 bits per heavy atom. The molecule has 0 amide bonds. The van der Waals surface area contributed by atoms with Gasteiger partial charge in [-0.15, -0.1) is 0 Å². The maximum Gasteiger partial charge on any atom is 0.420 e. The molecule has 2 bridgehead atoms. The van der Waals surface area contributed by atoms with Gasteiger partial charge in [0.15, 0.2) is 11.2 Å². The number of alkyl halides is 5. The second kappa shape index (κ2) is 13.7. The lowest BCUT2D eigenvalue weighted by Crippen LogP contribution is -2.35. The van der Waals surface area contributed by atoms with Gasteiger partial charge in [-0.3, -0.25) is 14.6 Å². The molecular formula is C42H37F5N4O5. The number of benzene rings is 4. The minimum absolute atomic E-state index is 0.0828. The number of carboxylic acid groups (broad SMARTS) is 1. The molecule has 56 heavy (non-hydrogen) atoms. The number of likely N-dealkylation sites (tertiary alicyclic amines) is 1. The van der Waals surface area contributed by atoms with E-state index in [0.29, 0.717) is 65.7 Å². The number of hydrogen-bond acceptors (Lipinski definition) is 8. The fourth-order valence-corrected chi connectivity index (χ4v) is 8.84. The zero-order valence-electron chi connectivity index (χ0n) is 30.5. The Bertz CT molecular complexity index is 2510. The largest absolute Gasteiger partial charge is 0.480 e. The summed E-state index contributed by atoms with van der Waals surface area (Å²) in [5, 5.41) is 9.66. The van der Waals surface area contributed by atoms with Gasteiger partial charge in [0.25, 0.3) is 0 Å². The van der Waals surface area contributed by atoms with Gasteiger partial charge in [0.1, 0.15) is 28.4 Å². The average molecular weight is 773 g/mol. The van der Waals surface area contributed by atoms with E-state index in [0.717, 1.165) is 41.6 Å². The molecular weight excluding hydrogens is 735 g/mol. The topological polar surface area (TPSA) is 105 Å². The van der Waals surface area contributed by atoms with E-state index in [1.807, 2.05) is 38.1 Å². The van der Waals surface area contributed by atoms with Crippen molar-refractivity contribution in [3.63, 3.8) is 0 Å². The Kier molecular flexibility index (Phi) is 8.88. The normalized spacial score (nSPS) is 20.1. The van der Waals surface area contributed by atoms with E-state index >= 15 is 0 Å². The predicted octanol–water partition coefficient (Wildman–Crippen LogP) is 9.85. The van der Waals surface area contributed by atoms with Crippen molar-refractivity contribution in [1.29, 1.82) is 0 Å². The summed E-state index contributed by atoms with van der Waals surface area (Å²) in [5.74, 6) is -0.137. The van der Waals surface area contributed by atoms with Crippen LogP contribution in [-0.4, -0.2) is 62.6 Å². The van der Waals surface area contributed by atoms with E-state index < -0.39 is 30.4 Å². The Balaban J connectivity index is 1.06. The van der Waals surface area contributed by atoms with E-state index in [1.54, 1.807) is 29.2 Å². The van der Waals surface area contributed by atoms with Crippen molar-refractivity contribution in [1.82, 2.24) is 19.8 Å². The smallest absolute Gasteiger partial charge is 0.420 e. The number of carbonyl (C=O) groups is 1. The molecule has 4 fully saturated rings. The number of fused-ring (bicyclic) bond motifs is 3. The minimum atomic E-state index is -4.63. The lowest BCUT2D eigenvalue weighted by molar-refractivity contribution is -0.142. The molecule has 4 aliphatic rings. The Morgan fingerprint density at radius 3 is 2.18 bits per heavy atom. The quantitative estimate of drug-likeness (QED) is 0.136. The summed E-state index contributed by atoms with van der Waals surface area (Å²) in [5.41, 5.74) is 4.84. The first-order valence-electron chi connectivity index (χ1n) is 18.6. The molecule has 6 aromatic rings. The third-order valence-electron chi connectivity index (χ3n) is 11.7. The number of rotatable bonds is 10. The van der Waals surface area contributed by atoms with E-state index in [-0.39, 0.29) is 40.8 Å². The molecule has 0 spiro atoms. The van der Waals surface area contributed by atoms with Gasteiger partial charge in [-0.2, -0.15) is 22.0 Å². The van der Waals surface area contributed by atoms with Crippen LogP contribution in [0.15, 0.2) is 69.5 Å². The zero-order valence-corrected chi connectivity index (χ0v) is 30.5. The van der Waals surface area contributed by atoms with E-state index in [9.17, 15) is 31.9 Å². The van der Waals surface area contributed by atoms with Crippen molar-refractivity contribution in [2.75, 3.05) is 13.1 Å². The van der Waals surface area contributed by atoms with E-state index in [4.69, 9.17) is 18.6 Å². The molecule has 1 aliphatic carbocycles. The Hall–Kier alpha value is -5.34. The number of nitrogens with zero attached hydrogens (tertiary/aromatic N) is 4. The van der Waals surface area contributed by atoms with Gasteiger partial charge in [0, 0.05) is 48.4 Å². The molecule has 5 heterocycles. The highest BCUT2D eigenvalue weighted by molar-refractivity contribution is 5.86. The van der Waals surface area contributed by atoms with Gasteiger partial charge in [0.05, 0.1) is 0 Å². The van der Waals surface area contributed by atoms with Crippen LogP contribution in [0, 0.1) is 19.8 Å². The van der Waals surface area contributed by atoms with Crippen LogP contribution in [0.4, 0.5) is 22.0 Å². The van der Waals surface area contributed by atoms with Crippen molar-refractivity contribution in [2.24, 2.45) is 5.92 Å². The van der Waals surface area contributed by atoms with Crippen LogP contribution in [0.2, 0.25) is 0 Å². The maximum atomic E-state index is 14.4. The number of aromatic nitrogens is 2. The Morgan fingerprint density at radius 2 is 1.55 bits per heavy atom. The second-order valence-electron chi connectivity index (χ2n) is 15.2. The maximum absolute atomic E-state index is 14.4. The monoisotopic (exact) mass is 772 g/mol. The number of oxazole rings is 2. The summed E-state index contributed by atoms with van der Waals surface area (Å²) in [7, 11) is 0. The number of halogens is 5. The third-order valence-corrected chi connectivity index (χ3v) is 11.7. The van der Waals surface area contributed by atoms with Crippen molar-refractivity contribution >= 4 is 28.2 Å². The van der Waals surface area contributed by atoms with Gasteiger partial charge < -0.3 is 18.7 Å². The molecule has 1 atom stereocenters. The minimum Gasteiger partial charge on any atom is -0.480 e. The van der Waals surface area contributed by atoms with Crippen molar-refractivity contribution < 1.29 is 45.4 Å². The van der Waals surface area contributed by atoms with Gasteiger partial charge in [0.2, 0.25) is 11.8 Å². The summed E-state index contributed by atoms with van der Waals surface area (Å²) in [4.78, 5) is 25.1. The van der Waals surface area contributed by atoms with Crippen LogP contribution in [0.1, 0.15) is 53.5 Å². The fourth-order valence-electron chi connectivity index (χ4n) is 8.84. The van der Waals surface area contributed by atoms with Crippen LogP contribution in [0.5, 0.6) is 5.75 Å². The van der Waals surface area contributed by atoms with Gasteiger partial charge in [-0.1, -0.05) is 24.3 Å². The molecule has 3 saturated heterocycles.